The van der Waals surface area contributed by atoms with E-state index in [0.29, 0.717) is 11.4 Å². The lowest BCUT2D eigenvalue weighted by Crippen LogP contribution is -2.17. The van der Waals surface area contributed by atoms with Gasteiger partial charge in [-0.1, -0.05) is 6.07 Å². The Labute approximate surface area is 70.5 Å². The van der Waals surface area contributed by atoms with Gasteiger partial charge in [0.05, 0.1) is 11.4 Å². The smallest absolute Gasteiger partial charge is 0.123 e. The molecular formula is C8H11N3O. The normalized spacial score (nSPS) is 14.3. The second-order valence-corrected chi connectivity index (χ2v) is 2.33. The van der Waals surface area contributed by atoms with Crippen LogP contribution in [0.4, 0.5) is 0 Å². The molecule has 0 fully saturated rings. The molecule has 0 aliphatic heterocycles. The molecule has 0 unspecified atom stereocenters. The van der Waals surface area contributed by atoms with Crippen molar-refractivity contribution in [3.8, 4) is 0 Å². The van der Waals surface area contributed by atoms with Crippen molar-refractivity contribution in [1.29, 1.82) is 0 Å². The molecule has 64 valence electrons. The molecule has 1 heterocycles. The first-order valence-corrected chi connectivity index (χ1v) is 3.52. The average Bonchev–Trinajstić information content (AvgIpc) is 2.05. The van der Waals surface area contributed by atoms with E-state index in [1.807, 2.05) is 6.07 Å². The van der Waals surface area contributed by atoms with Crippen molar-refractivity contribution in [2.24, 2.45) is 11.5 Å². The van der Waals surface area contributed by atoms with Crippen molar-refractivity contribution < 1.29 is 5.11 Å². The third kappa shape index (κ3) is 2.34. The van der Waals surface area contributed by atoms with Gasteiger partial charge in [-0.15, -0.1) is 0 Å². The van der Waals surface area contributed by atoms with E-state index in [1.165, 1.54) is 6.08 Å². The van der Waals surface area contributed by atoms with Gasteiger partial charge in [0.1, 0.15) is 6.23 Å². The summed E-state index contributed by atoms with van der Waals surface area (Å²) in [4.78, 5) is 3.97. The molecule has 0 spiro atoms. The first-order chi connectivity index (χ1) is 5.70. The van der Waals surface area contributed by atoms with Crippen LogP contribution in [-0.4, -0.2) is 16.3 Å². The second-order valence-electron chi connectivity index (χ2n) is 2.33. The minimum Gasteiger partial charge on any atom is -0.397 e. The molecule has 0 saturated carbocycles. The average molecular weight is 165 g/mol. The summed E-state index contributed by atoms with van der Waals surface area (Å²) in [5.41, 5.74) is 11.6. The predicted molar refractivity (Wildman–Crippen MR) is 46.6 cm³/mol. The van der Waals surface area contributed by atoms with E-state index in [4.69, 9.17) is 16.6 Å². The molecule has 5 N–H and O–H groups in total. The van der Waals surface area contributed by atoms with Crippen LogP contribution in [-0.2, 0) is 0 Å². The molecule has 0 radical (unpaired) electrons. The Hall–Kier alpha value is -1.39. The van der Waals surface area contributed by atoms with Crippen molar-refractivity contribution in [2.75, 3.05) is 0 Å². The highest BCUT2D eigenvalue weighted by Crippen LogP contribution is 2.03. The van der Waals surface area contributed by atoms with Crippen LogP contribution in [0, 0.1) is 0 Å². The van der Waals surface area contributed by atoms with E-state index in [-0.39, 0.29) is 0 Å². The van der Waals surface area contributed by atoms with E-state index < -0.39 is 6.23 Å². The molecular weight excluding hydrogens is 154 g/mol. The van der Waals surface area contributed by atoms with Crippen molar-refractivity contribution >= 4 is 5.70 Å². The fraction of sp³-hybridized carbons (Fsp3) is 0.125. The number of hydrogen-bond donors (Lipinski definition) is 3. The summed E-state index contributed by atoms with van der Waals surface area (Å²) in [5, 5.41) is 8.78. The Balaban J connectivity index is 2.85. The number of aromatic nitrogens is 1. The van der Waals surface area contributed by atoms with E-state index >= 15 is 0 Å². The highest BCUT2D eigenvalue weighted by Gasteiger charge is 1.97. The Kier molecular flexibility index (Phi) is 2.79. The number of pyridine rings is 1. The van der Waals surface area contributed by atoms with Crippen LogP contribution < -0.4 is 11.5 Å². The van der Waals surface area contributed by atoms with E-state index in [1.54, 1.807) is 18.3 Å². The highest BCUT2D eigenvalue weighted by molar-refractivity contribution is 5.59. The third-order valence-electron chi connectivity index (χ3n) is 1.31. The van der Waals surface area contributed by atoms with Gasteiger partial charge < -0.3 is 16.6 Å². The van der Waals surface area contributed by atoms with Crippen LogP contribution in [0.3, 0.4) is 0 Å². The maximum atomic E-state index is 8.78. The first kappa shape index (κ1) is 8.70. The number of nitrogens with zero attached hydrogens (tertiary/aromatic N) is 1. The number of nitrogens with two attached hydrogens (primary N) is 2. The summed E-state index contributed by atoms with van der Waals surface area (Å²) in [5.74, 6) is 0. The quantitative estimate of drug-likeness (QED) is 0.523. The van der Waals surface area contributed by atoms with Gasteiger partial charge in [-0.05, 0) is 18.2 Å². The SMILES string of the molecule is N/C(=C\[C@H](N)O)c1ccccn1. The molecule has 0 aliphatic carbocycles. The van der Waals surface area contributed by atoms with Crippen LogP contribution >= 0.6 is 0 Å². The summed E-state index contributed by atoms with van der Waals surface area (Å²) < 4.78 is 0. The molecule has 1 rings (SSSR count). The van der Waals surface area contributed by atoms with Gasteiger partial charge in [-0.3, -0.25) is 4.98 Å². The highest BCUT2D eigenvalue weighted by atomic mass is 16.3. The summed E-state index contributed by atoms with van der Waals surface area (Å²) >= 11 is 0. The van der Waals surface area contributed by atoms with E-state index in [2.05, 4.69) is 4.98 Å². The second kappa shape index (κ2) is 3.85. The molecule has 0 aliphatic rings. The summed E-state index contributed by atoms with van der Waals surface area (Å²) in [6.45, 7) is 0. The fourth-order valence-corrected chi connectivity index (χ4v) is 0.803. The number of aliphatic hydroxyl groups excluding tert-OH is 1. The maximum Gasteiger partial charge on any atom is 0.123 e. The summed E-state index contributed by atoms with van der Waals surface area (Å²) in [6, 6.07) is 5.34. The van der Waals surface area contributed by atoms with Gasteiger partial charge in [0.2, 0.25) is 0 Å². The third-order valence-corrected chi connectivity index (χ3v) is 1.31. The predicted octanol–water partition coefficient (Wildman–Crippen LogP) is -0.342. The largest absolute Gasteiger partial charge is 0.397 e. The van der Waals surface area contributed by atoms with Crippen molar-refractivity contribution in [2.45, 2.75) is 6.23 Å². The first-order valence-electron chi connectivity index (χ1n) is 3.52. The minimum atomic E-state index is -1.04. The van der Waals surface area contributed by atoms with Crippen molar-refractivity contribution in [1.82, 2.24) is 4.98 Å². The topological polar surface area (TPSA) is 85.2 Å². The lowest BCUT2D eigenvalue weighted by atomic mass is 10.2. The molecule has 0 saturated heterocycles. The maximum absolute atomic E-state index is 8.78. The van der Waals surface area contributed by atoms with Gasteiger partial charge in [-0.2, -0.15) is 0 Å². The standard InChI is InChI=1S/C8H11N3O/c9-6(5-8(10)12)7-3-1-2-4-11-7/h1-5,8,12H,9-10H2/b6-5-/t8-/m1/s1. The Morgan fingerprint density at radius 1 is 1.58 bits per heavy atom. The number of hydrogen-bond acceptors (Lipinski definition) is 4. The zero-order valence-corrected chi connectivity index (χ0v) is 6.51. The van der Waals surface area contributed by atoms with Crippen LogP contribution in [0.1, 0.15) is 5.69 Å². The molecule has 1 atom stereocenters. The van der Waals surface area contributed by atoms with Crippen LogP contribution in [0.15, 0.2) is 30.5 Å². The monoisotopic (exact) mass is 165 g/mol. The Bertz CT molecular complexity index is 269. The van der Waals surface area contributed by atoms with Gasteiger partial charge >= 0.3 is 0 Å². The van der Waals surface area contributed by atoms with Gasteiger partial charge in [0.15, 0.2) is 0 Å². The van der Waals surface area contributed by atoms with Gasteiger partial charge in [0.25, 0.3) is 0 Å². The summed E-state index contributed by atoms with van der Waals surface area (Å²) in [7, 11) is 0. The number of rotatable bonds is 2. The fourth-order valence-electron chi connectivity index (χ4n) is 0.803. The Morgan fingerprint density at radius 3 is 2.83 bits per heavy atom. The van der Waals surface area contributed by atoms with Crippen LogP contribution in [0.25, 0.3) is 5.70 Å². The van der Waals surface area contributed by atoms with Crippen LogP contribution in [0.5, 0.6) is 0 Å². The van der Waals surface area contributed by atoms with Gasteiger partial charge in [-0.25, -0.2) is 0 Å². The molecule has 4 nitrogen and oxygen atoms in total. The minimum absolute atomic E-state index is 0.380. The zero-order valence-electron chi connectivity index (χ0n) is 6.51. The van der Waals surface area contributed by atoms with Crippen molar-refractivity contribution in [3.05, 3.63) is 36.2 Å². The molecule has 0 bridgehead atoms. The Morgan fingerprint density at radius 2 is 2.33 bits per heavy atom. The molecule has 0 amide bonds. The van der Waals surface area contributed by atoms with E-state index in [0.717, 1.165) is 0 Å². The van der Waals surface area contributed by atoms with E-state index in [9.17, 15) is 0 Å². The van der Waals surface area contributed by atoms with Crippen LogP contribution in [0.2, 0.25) is 0 Å². The molecule has 12 heavy (non-hydrogen) atoms. The van der Waals surface area contributed by atoms with Crippen molar-refractivity contribution in [3.63, 3.8) is 0 Å². The molecule has 0 aromatic carbocycles. The molecule has 1 aromatic heterocycles. The number of aliphatic hydroxyl groups is 1. The van der Waals surface area contributed by atoms with Gasteiger partial charge in [0, 0.05) is 6.20 Å². The summed E-state index contributed by atoms with van der Waals surface area (Å²) in [6.07, 6.45) is 1.92. The zero-order chi connectivity index (χ0) is 8.97. The lowest BCUT2D eigenvalue weighted by molar-refractivity contribution is 0.232. The lowest BCUT2D eigenvalue weighted by Gasteiger charge is -2.01. The molecule has 4 heteroatoms. The molecule has 1 aromatic rings.